The Morgan fingerprint density at radius 2 is 1.80 bits per heavy atom. The van der Waals surface area contributed by atoms with Crippen molar-refractivity contribution in [2.24, 2.45) is 0 Å². The quantitative estimate of drug-likeness (QED) is 0.658. The number of hydrogen-bond donors (Lipinski definition) is 3. The third kappa shape index (κ3) is 6.07. The number of anilines is 1. The Kier molecular flexibility index (Phi) is 6.84. The van der Waals surface area contributed by atoms with Gasteiger partial charge in [0, 0.05) is 22.7 Å². The first-order valence-electron chi connectivity index (χ1n) is 7.75. The van der Waals surface area contributed by atoms with Gasteiger partial charge in [-0.05, 0) is 49.7 Å². The minimum atomic E-state index is -0.249. The van der Waals surface area contributed by atoms with Crippen molar-refractivity contribution in [1.82, 2.24) is 10.6 Å². The predicted molar refractivity (Wildman–Crippen MR) is 104 cm³/mol. The summed E-state index contributed by atoms with van der Waals surface area (Å²) in [6, 6.07) is 12.2. The van der Waals surface area contributed by atoms with Gasteiger partial charge in [-0.2, -0.15) is 0 Å². The maximum Gasteiger partial charge on any atom is 0.319 e. The lowest BCUT2D eigenvalue weighted by atomic mass is 10.2. The molecule has 7 heteroatoms. The molecule has 0 radical (unpaired) electrons. The van der Waals surface area contributed by atoms with E-state index in [2.05, 4.69) is 31.9 Å². The summed E-state index contributed by atoms with van der Waals surface area (Å²) >= 11 is 9.38. The molecule has 0 aromatic heterocycles. The Balaban J connectivity index is 1.91. The van der Waals surface area contributed by atoms with Crippen molar-refractivity contribution in [1.29, 1.82) is 0 Å². The SMILES string of the molecule is CC(C)NC(=O)Nc1ccc(CNC(=O)c2ccc(Br)cc2Cl)cc1. The Hall–Kier alpha value is -2.05. The van der Waals surface area contributed by atoms with Crippen molar-refractivity contribution < 1.29 is 9.59 Å². The number of hydrogen-bond acceptors (Lipinski definition) is 2. The van der Waals surface area contributed by atoms with E-state index in [0.717, 1.165) is 10.0 Å². The number of rotatable bonds is 5. The molecule has 0 saturated heterocycles. The maximum absolute atomic E-state index is 12.2. The van der Waals surface area contributed by atoms with Gasteiger partial charge in [0.15, 0.2) is 0 Å². The molecule has 0 heterocycles. The number of carbonyl (C=O) groups excluding carboxylic acids is 2. The van der Waals surface area contributed by atoms with Crippen molar-refractivity contribution in [3.8, 4) is 0 Å². The highest BCUT2D eigenvalue weighted by atomic mass is 79.9. The summed E-state index contributed by atoms with van der Waals surface area (Å²) in [6.07, 6.45) is 0. The van der Waals surface area contributed by atoms with Gasteiger partial charge in [0.05, 0.1) is 10.6 Å². The minimum Gasteiger partial charge on any atom is -0.348 e. The molecule has 0 saturated carbocycles. The first-order chi connectivity index (χ1) is 11.8. The molecule has 3 N–H and O–H groups in total. The van der Waals surface area contributed by atoms with Crippen LogP contribution in [0.15, 0.2) is 46.9 Å². The van der Waals surface area contributed by atoms with Gasteiger partial charge in [-0.1, -0.05) is 39.7 Å². The Bertz CT molecular complexity index is 763. The average Bonchev–Trinajstić information content (AvgIpc) is 2.53. The fourth-order valence-electron chi connectivity index (χ4n) is 2.09. The normalized spacial score (nSPS) is 10.4. The fourth-order valence-corrected chi connectivity index (χ4v) is 2.85. The van der Waals surface area contributed by atoms with Crippen LogP contribution in [-0.2, 0) is 6.54 Å². The first kappa shape index (κ1) is 19.3. The van der Waals surface area contributed by atoms with Gasteiger partial charge in [-0.15, -0.1) is 0 Å². The zero-order valence-corrected chi connectivity index (χ0v) is 16.2. The van der Waals surface area contributed by atoms with Crippen molar-refractivity contribution >= 4 is 45.2 Å². The molecule has 2 rings (SSSR count). The summed E-state index contributed by atoms with van der Waals surface area (Å²) < 4.78 is 0.818. The molecule has 0 aliphatic rings. The van der Waals surface area contributed by atoms with Gasteiger partial charge < -0.3 is 16.0 Å². The van der Waals surface area contributed by atoms with E-state index in [0.29, 0.717) is 22.8 Å². The Morgan fingerprint density at radius 1 is 1.12 bits per heavy atom. The zero-order valence-electron chi connectivity index (χ0n) is 13.9. The van der Waals surface area contributed by atoms with E-state index in [1.165, 1.54) is 0 Å². The molecule has 0 aliphatic heterocycles. The standard InChI is InChI=1S/C18H19BrClN3O2/c1-11(2)22-18(25)23-14-6-3-12(4-7-14)10-21-17(24)15-8-5-13(19)9-16(15)20/h3-9,11H,10H2,1-2H3,(H,21,24)(H2,22,23,25). The second-order valence-corrected chi connectivity index (χ2v) is 7.08. The monoisotopic (exact) mass is 423 g/mol. The first-order valence-corrected chi connectivity index (χ1v) is 8.92. The third-order valence-electron chi connectivity index (χ3n) is 3.26. The summed E-state index contributed by atoms with van der Waals surface area (Å²) in [6.45, 7) is 4.15. The molecule has 0 bridgehead atoms. The summed E-state index contributed by atoms with van der Waals surface area (Å²) in [4.78, 5) is 23.8. The molecule has 0 spiro atoms. The Labute approximate surface area is 160 Å². The van der Waals surface area contributed by atoms with Crippen molar-refractivity contribution in [3.05, 3.63) is 63.1 Å². The molecule has 0 atom stereocenters. The van der Waals surface area contributed by atoms with E-state index in [4.69, 9.17) is 11.6 Å². The van der Waals surface area contributed by atoms with Crippen LogP contribution in [0, 0.1) is 0 Å². The van der Waals surface area contributed by atoms with Gasteiger partial charge in [-0.25, -0.2) is 4.79 Å². The van der Waals surface area contributed by atoms with Crippen LogP contribution in [0.1, 0.15) is 29.8 Å². The van der Waals surface area contributed by atoms with Crippen LogP contribution in [0.3, 0.4) is 0 Å². The van der Waals surface area contributed by atoms with E-state index in [-0.39, 0.29) is 18.0 Å². The molecule has 2 aromatic carbocycles. The van der Waals surface area contributed by atoms with Gasteiger partial charge in [0.1, 0.15) is 0 Å². The minimum absolute atomic E-state index is 0.0694. The molecule has 0 unspecified atom stereocenters. The molecular weight excluding hydrogens is 406 g/mol. The number of carbonyl (C=O) groups is 2. The number of halogens is 2. The van der Waals surface area contributed by atoms with Crippen molar-refractivity contribution in [3.63, 3.8) is 0 Å². The van der Waals surface area contributed by atoms with Gasteiger partial charge in [0.2, 0.25) is 0 Å². The van der Waals surface area contributed by atoms with Crippen molar-refractivity contribution in [2.75, 3.05) is 5.32 Å². The van der Waals surface area contributed by atoms with E-state index in [9.17, 15) is 9.59 Å². The van der Waals surface area contributed by atoms with Crippen LogP contribution >= 0.6 is 27.5 Å². The van der Waals surface area contributed by atoms with Crippen molar-refractivity contribution in [2.45, 2.75) is 26.4 Å². The zero-order chi connectivity index (χ0) is 18.4. The topological polar surface area (TPSA) is 70.2 Å². The van der Waals surface area contributed by atoms with Crippen LogP contribution in [0.4, 0.5) is 10.5 Å². The van der Waals surface area contributed by atoms with E-state index >= 15 is 0 Å². The molecule has 132 valence electrons. The number of benzene rings is 2. The van der Waals surface area contributed by atoms with Crippen LogP contribution in [0.2, 0.25) is 5.02 Å². The smallest absolute Gasteiger partial charge is 0.319 e. The third-order valence-corrected chi connectivity index (χ3v) is 4.07. The summed E-state index contributed by atoms with van der Waals surface area (Å²) in [5.41, 5.74) is 2.02. The highest BCUT2D eigenvalue weighted by molar-refractivity contribution is 9.10. The number of amides is 3. The second-order valence-electron chi connectivity index (χ2n) is 5.76. The largest absolute Gasteiger partial charge is 0.348 e. The lowest BCUT2D eigenvalue weighted by Crippen LogP contribution is -2.34. The molecular formula is C18H19BrClN3O2. The van der Waals surface area contributed by atoms with Crippen LogP contribution < -0.4 is 16.0 Å². The number of urea groups is 1. The summed E-state index contributed by atoms with van der Waals surface area (Å²) in [7, 11) is 0. The van der Waals surface area contributed by atoms with Crippen LogP contribution in [0.25, 0.3) is 0 Å². The predicted octanol–water partition coefficient (Wildman–Crippen LogP) is 4.56. The lowest BCUT2D eigenvalue weighted by Gasteiger charge is -2.11. The Morgan fingerprint density at radius 3 is 2.40 bits per heavy atom. The van der Waals surface area contributed by atoms with E-state index in [1.54, 1.807) is 30.3 Å². The molecule has 0 aliphatic carbocycles. The van der Waals surface area contributed by atoms with Gasteiger partial charge >= 0.3 is 6.03 Å². The van der Waals surface area contributed by atoms with E-state index in [1.807, 2.05) is 26.0 Å². The molecule has 2 aromatic rings. The molecule has 25 heavy (non-hydrogen) atoms. The lowest BCUT2D eigenvalue weighted by molar-refractivity contribution is 0.0951. The summed E-state index contributed by atoms with van der Waals surface area (Å²) in [5, 5.41) is 8.71. The summed E-state index contributed by atoms with van der Waals surface area (Å²) in [5.74, 6) is -0.240. The molecule has 0 fully saturated rings. The fraction of sp³-hybridized carbons (Fsp3) is 0.222. The molecule has 5 nitrogen and oxygen atoms in total. The highest BCUT2D eigenvalue weighted by Gasteiger charge is 2.10. The molecule has 3 amide bonds. The van der Waals surface area contributed by atoms with E-state index < -0.39 is 0 Å². The maximum atomic E-state index is 12.2. The van der Waals surface area contributed by atoms with Gasteiger partial charge in [0.25, 0.3) is 5.91 Å². The highest BCUT2D eigenvalue weighted by Crippen LogP contribution is 2.21. The second kappa shape index (κ2) is 8.87. The van der Waals surface area contributed by atoms with Crippen LogP contribution in [0.5, 0.6) is 0 Å². The average molecular weight is 425 g/mol. The van der Waals surface area contributed by atoms with Crippen LogP contribution in [-0.4, -0.2) is 18.0 Å². The van der Waals surface area contributed by atoms with Gasteiger partial charge in [-0.3, -0.25) is 4.79 Å². The number of nitrogens with one attached hydrogen (secondary N) is 3.